The van der Waals surface area contributed by atoms with Gasteiger partial charge in [-0.05, 0) is 36.8 Å². The molecule has 2 bridgehead atoms. The van der Waals surface area contributed by atoms with Crippen molar-refractivity contribution in [3.05, 3.63) is 52.3 Å². The average Bonchev–Trinajstić information content (AvgIpc) is 3.21. The molecular formula is C21H22N4O4. The Labute approximate surface area is 167 Å². The first-order chi connectivity index (χ1) is 13.9. The lowest BCUT2D eigenvalue weighted by Crippen LogP contribution is -2.32. The molecular weight excluding hydrogens is 372 g/mol. The van der Waals surface area contributed by atoms with Crippen LogP contribution in [0.4, 0.5) is 5.69 Å². The van der Waals surface area contributed by atoms with Gasteiger partial charge in [0.05, 0.1) is 23.4 Å². The van der Waals surface area contributed by atoms with Crippen LogP contribution in [0, 0.1) is 6.92 Å². The van der Waals surface area contributed by atoms with Crippen LogP contribution < -0.4 is 10.6 Å². The zero-order valence-corrected chi connectivity index (χ0v) is 16.3. The molecule has 0 saturated carbocycles. The first-order valence-electron chi connectivity index (χ1n) is 9.38. The van der Waals surface area contributed by atoms with Crippen molar-refractivity contribution in [2.24, 2.45) is 0 Å². The molecule has 0 unspecified atom stereocenters. The molecule has 4 rings (SSSR count). The number of amides is 3. The van der Waals surface area contributed by atoms with E-state index in [-0.39, 0.29) is 30.9 Å². The number of benzene rings is 1. The standard InChI is InChI=1S/C21H22N4O4/c1-12-7-16-18(23-12)9-15-14-8-13(3-4-17(14)24-20(15)27)10-22-19(26)11-29-6-5-25(2)21(16)28/h3-4,7-9,23H,5-6,10-11H2,1-2H3,(H,22,26)(H,24,27)/b15-9-. The molecule has 29 heavy (non-hydrogen) atoms. The summed E-state index contributed by atoms with van der Waals surface area (Å²) in [6.07, 6.45) is 1.71. The van der Waals surface area contributed by atoms with Crippen LogP contribution in [-0.2, 0) is 20.9 Å². The summed E-state index contributed by atoms with van der Waals surface area (Å²) in [6.45, 7) is 2.71. The van der Waals surface area contributed by atoms with Crippen LogP contribution in [0.5, 0.6) is 0 Å². The molecule has 3 amide bonds. The van der Waals surface area contributed by atoms with Crippen LogP contribution in [0.3, 0.4) is 0 Å². The quantitative estimate of drug-likeness (QED) is 0.630. The molecule has 2 aliphatic rings. The number of nitrogens with zero attached hydrogens (tertiary/aromatic N) is 1. The third kappa shape index (κ3) is 3.79. The van der Waals surface area contributed by atoms with Gasteiger partial charge in [0.25, 0.3) is 11.8 Å². The highest BCUT2D eigenvalue weighted by atomic mass is 16.5. The number of likely N-dealkylation sites (N-methyl/N-ethyl adjacent to an activating group) is 1. The molecule has 8 nitrogen and oxygen atoms in total. The Bertz CT molecular complexity index is 1040. The smallest absolute Gasteiger partial charge is 0.256 e. The number of ether oxygens (including phenoxy) is 1. The van der Waals surface area contributed by atoms with Crippen LogP contribution in [0.15, 0.2) is 24.3 Å². The molecule has 1 aromatic heterocycles. The minimum atomic E-state index is -0.236. The minimum absolute atomic E-state index is 0.0767. The maximum Gasteiger partial charge on any atom is 0.256 e. The van der Waals surface area contributed by atoms with Gasteiger partial charge in [-0.3, -0.25) is 14.4 Å². The number of fused-ring (bicyclic) bond motifs is 2. The Morgan fingerprint density at radius 2 is 1.93 bits per heavy atom. The summed E-state index contributed by atoms with van der Waals surface area (Å²) < 4.78 is 5.39. The fraction of sp³-hybridized carbons (Fsp3) is 0.286. The molecule has 0 fully saturated rings. The van der Waals surface area contributed by atoms with Gasteiger partial charge in [-0.2, -0.15) is 0 Å². The number of nitrogens with one attached hydrogen (secondary N) is 3. The summed E-state index contributed by atoms with van der Waals surface area (Å²) in [5, 5.41) is 5.65. The number of carbonyl (C=O) groups excluding carboxylic acids is 3. The topological polar surface area (TPSA) is 104 Å². The number of carbonyl (C=O) groups is 3. The van der Waals surface area contributed by atoms with Gasteiger partial charge in [-0.1, -0.05) is 6.07 Å². The largest absolute Gasteiger partial charge is 0.370 e. The number of hydrogen-bond acceptors (Lipinski definition) is 4. The number of anilines is 1. The Morgan fingerprint density at radius 3 is 2.76 bits per heavy atom. The zero-order valence-electron chi connectivity index (χ0n) is 16.3. The zero-order chi connectivity index (χ0) is 20.5. The van der Waals surface area contributed by atoms with Crippen molar-refractivity contribution in [3.8, 4) is 0 Å². The molecule has 0 atom stereocenters. The Balaban J connectivity index is 1.80. The van der Waals surface area contributed by atoms with Gasteiger partial charge < -0.3 is 25.3 Å². The van der Waals surface area contributed by atoms with E-state index in [0.717, 1.165) is 16.8 Å². The second-order valence-corrected chi connectivity index (χ2v) is 7.23. The number of rotatable bonds is 0. The van der Waals surface area contributed by atoms with Crippen LogP contribution in [-0.4, -0.2) is 54.4 Å². The maximum atomic E-state index is 12.9. The SMILES string of the molecule is Cc1cc2c([nH]1)/C=C1\C(=O)Nc3ccc(cc31)CNC(=O)COCCN(C)C2=O. The highest BCUT2D eigenvalue weighted by molar-refractivity contribution is 6.35. The number of aryl methyl sites for hydroxylation is 1. The summed E-state index contributed by atoms with van der Waals surface area (Å²) in [4.78, 5) is 42.2. The van der Waals surface area contributed by atoms with E-state index in [1.165, 1.54) is 4.90 Å². The van der Waals surface area contributed by atoms with Crippen molar-refractivity contribution in [1.82, 2.24) is 15.2 Å². The second-order valence-electron chi connectivity index (χ2n) is 7.23. The fourth-order valence-corrected chi connectivity index (χ4v) is 3.46. The summed E-state index contributed by atoms with van der Waals surface area (Å²) in [7, 11) is 1.68. The highest BCUT2D eigenvalue weighted by Crippen LogP contribution is 2.34. The maximum absolute atomic E-state index is 12.9. The monoisotopic (exact) mass is 394 g/mol. The Morgan fingerprint density at radius 1 is 1.10 bits per heavy atom. The van der Waals surface area contributed by atoms with E-state index in [1.54, 1.807) is 19.2 Å². The molecule has 150 valence electrons. The predicted molar refractivity (Wildman–Crippen MR) is 108 cm³/mol. The van der Waals surface area contributed by atoms with Crippen LogP contribution in [0.2, 0.25) is 0 Å². The molecule has 3 heterocycles. The summed E-state index contributed by atoms with van der Waals surface area (Å²) in [6, 6.07) is 7.31. The van der Waals surface area contributed by atoms with Crippen molar-refractivity contribution in [2.45, 2.75) is 13.5 Å². The van der Waals surface area contributed by atoms with Crippen LogP contribution >= 0.6 is 0 Å². The molecule has 0 aliphatic carbocycles. The molecule has 3 N–H and O–H groups in total. The third-order valence-electron chi connectivity index (χ3n) is 5.01. The summed E-state index contributed by atoms with van der Waals surface area (Å²) >= 11 is 0. The Hall–Kier alpha value is -3.39. The van der Waals surface area contributed by atoms with Crippen LogP contribution in [0.25, 0.3) is 11.6 Å². The van der Waals surface area contributed by atoms with Gasteiger partial charge in [0, 0.05) is 37.1 Å². The second kappa shape index (κ2) is 7.56. The number of aromatic amines is 1. The van der Waals surface area contributed by atoms with E-state index >= 15 is 0 Å². The first kappa shape index (κ1) is 18.9. The van der Waals surface area contributed by atoms with Gasteiger partial charge in [0.1, 0.15) is 6.61 Å². The number of H-pyrrole nitrogens is 1. The van der Waals surface area contributed by atoms with Crippen molar-refractivity contribution in [3.63, 3.8) is 0 Å². The van der Waals surface area contributed by atoms with E-state index in [0.29, 0.717) is 35.6 Å². The number of aromatic nitrogens is 1. The van der Waals surface area contributed by atoms with Crippen molar-refractivity contribution >= 4 is 35.1 Å². The van der Waals surface area contributed by atoms with Crippen molar-refractivity contribution in [1.29, 1.82) is 0 Å². The van der Waals surface area contributed by atoms with E-state index in [1.807, 2.05) is 25.1 Å². The summed E-state index contributed by atoms with van der Waals surface area (Å²) in [5.41, 5.74) is 4.68. The molecule has 0 spiro atoms. The van der Waals surface area contributed by atoms with E-state index in [9.17, 15) is 14.4 Å². The molecule has 2 aliphatic heterocycles. The summed E-state index contributed by atoms with van der Waals surface area (Å²) in [5.74, 6) is -0.650. The highest BCUT2D eigenvalue weighted by Gasteiger charge is 2.26. The van der Waals surface area contributed by atoms with Crippen LogP contribution in [0.1, 0.15) is 32.9 Å². The fourth-order valence-electron chi connectivity index (χ4n) is 3.46. The normalized spacial score (nSPS) is 19.3. The molecule has 2 aromatic rings. The molecule has 0 saturated heterocycles. The van der Waals surface area contributed by atoms with Gasteiger partial charge >= 0.3 is 0 Å². The molecule has 1 aromatic carbocycles. The lowest BCUT2D eigenvalue weighted by atomic mass is 10.0. The molecule has 0 radical (unpaired) electrons. The average molecular weight is 394 g/mol. The minimum Gasteiger partial charge on any atom is -0.370 e. The first-order valence-corrected chi connectivity index (χ1v) is 9.38. The van der Waals surface area contributed by atoms with E-state index in [2.05, 4.69) is 15.6 Å². The van der Waals surface area contributed by atoms with E-state index in [4.69, 9.17) is 4.74 Å². The predicted octanol–water partition coefficient (Wildman–Crippen LogP) is 1.53. The lowest BCUT2D eigenvalue weighted by molar-refractivity contribution is -0.125. The number of hydrogen-bond donors (Lipinski definition) is 3. The van der Waals surface area contributed by atoms with Gasteiger partial charge in [-0.25, -0.2) is 0 Å². The van der Waals surface area contributed by atoms with E-state index < -0.39 is 0 Å². The Kier molecular flexibility index (Phi) is 4.94. The lowest BCUT2D eigenvalue weighted by Gasteiger charge is -2.17. The molecule has 8 heteroatoms. The van der Waals surface area contributed by atoms with Gasteiger partial charge in [0.15, 0.2) is 0 Å². The van der Waals surface area contributed by atoms with Crippen molar-refractivity contribution < 1.29 is 19.1 Å². The van der Waals surface area contributed by atoms with Gasteiger partial charge in [-0.15, -0.1) is 0 Å². The van der Waals surface area contributed by atoms with Crippen molar-refractivity contribution in [2.75, 3.05) is 32.1 Å². The van der Waals surface area contributed by atoms with Gasteiger partial charge in [0.2, 0.25) is 5.91 Å². The third-order valence-corrected chi connectivity index (χ3v) is 5.01.